The van der Waals surface area contributed by atoms with Gasteiger partial charge in [0.1, 0.15) is 11.5 Å². The largest absolute Gasteiger partial charge is 0.493 e. The molecule has 17 heavy (non-hydrogen) atoms. The quantitative estimate of drug-likeness (QED) is 0.723. The molecule has 0 saturated carbocycles. The second kappa shape index (κ2) is 5.85. The number of fused-ring (bicyclic) bond motifs is 1. The topological polar surface area (TPSA) is 26.3 Å². The highest BCUT2D eigenvalue weighted by Crippen LogP contribution is 2.34. The average molecular weight is 232 g/mol. The zero-order valence-corrected chi connectivity index (χ0v) is 10.4. The second-order valence-corrected chi connectivity index (χ2v) is 4.65. The van der Waals surface area contributed by atoms with E-state index in [1.54, 1.807) is 0 Å². The number of Topliss-reactive ketones (excluding diaryl/α,β-unsaturated/α-hetero) is 1. The molecule has 0 saturated heterocycles. The van der Waals surface area contributed by atoms with E-state index in [0.29, 0.717) is 18.8 Å². The minimum atomic E-state index is 0.0665. The lowest BCUT2D eigenvalue weighted by atomic mass is 9.87. The van der Waals surface area contributed by atoms with Crippen molar-refractivity contribution in [1.29, 1.82) is 0 Å². The predicted octanol–water partition coefficient (Wildman–Crippen LogP) is 3.70. The van der Waals surface area contributed by atoms with Crippen LogP contribution in [0.1, 0.15) is 50.5 Å². The lowest BCUT2D eigenvalue weighted by molar-refractivity contribution is -0.121. The summed E-state index contributed by atoms with van der Waals surface area (Å²) in [7, 11) is 0. The highest BCUT2D eigenvalue weighted by molar-refractivity contribution is 5.86. The molecule has 0 aliphatic carbocycles. The van der Waals surface area contributed by atoms with E-state index < -0.39 is 0 Å². The van der Waals surface area contributed by atoms with Gasteiger partial charge in [0, 0.05) is 17.9 Å². The maximum absolute atomic E-state index is 12.2. The molecule has 1 aromatic rings. The molecule has 1 heterocycles. The third kappa shape index (κ3) is 2.87. The van der Waals surface area contributed by atoms with Crippen LogP contribution in [-0.4, -0.2) is 12.4 Å². The Kier molecular flexibility index (Phi) is 4.18. The van der Waals surface area contributed by atoms with Crippen LogP contribution >= 0.6 is 0 Å². The molecule has 0 spiro atoms. The Balaban J connectivity index is 2.05. The molecule has 1 aliphatic heterocycles. The van der Waals surface area contributed by atoms with Crippen LogP contribution in [-0.2, 0) is 4.79 Å². The van der Waals surface area contributed by atoms with Gasteiger partial charge in [-0.05, 0) is 18.9 Å². The summed E-state index contributed by atoms with van der Waals surface area (Å²) in [6, 6.07) is 7.93. The molecule has 0 radical (unpaired) electrons. The smallest absolute Gasteiger partial charge is 0.140 e. The Labute approximate surface area is 103 Å². The molecular weight excluding hydrogens is 212 g/mol. The molecule has 1 atom stereocenters. The Hall–Kier alpha value is -1.31. The van der Waals surface area contributed by atoms with Crippen molar-refractivity contribution < 1.29 is 9.53 Å². The van der Waals surface area contributed by atoms with Crippen LogP contribution in [0.3, 0.4) is 0 Å². The molecule has 2 heteroatoms. The number of rotatable bonds is 5. The van der Waals surface area contributed by atoms with Gasteiger partial charge >= 0.3 is 0 Å². The number of hydrogen-bond donors (Lipinski definition) is 0. The van der Waals surface area contributed by atoms with Gasteiger partial charge in [-0.2, -0.15) is 0 Å². The van der Waals surface area contributed by atoms with Crippen LogP contribution in [0.4, 0.5) is 0 Å². The van der Waals surface area contributed by atoms with Crippen LogP contribution < -0.4 is 4.74 Å². The summed E-state index contributed by atoms with van der Waals surface area (Å²) in [5.41, 5.74) is 1.08. The summed E-state index contributed by atoms with van der Waals surface area (Å²) >= 11 is 0. The van der Waals surface area contributed by atoms with Crippen molar-refractivity contribution in [3.63, 3.8) is 0 Å². The van der Waals surface area contributed by atoms with Crippen molar-refractivity contribution in [3.05, 3.63) is 29.8 Å². The number of hydrogen-bond acceptors (Lipinski definition) is 2. The lowest BCUT2D eigenvalue weighted by Gasteiger charge is -2.24. The average Bonchev–Trinajstić information content (AvgIpc) is 2.38. The maximum atomic E-state index is 12.2. The summed E-state index contributed by atoms with van der Waals surface area (Å²) in [4.78, 5) is 12.2. The van der Waals surface area contributed by atoms with Gasteiger partial charge < -0.3 is 4.74 Å². The van der Waals surface area contributed by atoms with Crippen molar-refractivity contribution >= 4 is 5.78 Å². The van der Waals surface area contributed by atoms with Gasteiger partial charge in [-0.25, -0.2) is 0 Å². The van der Waals surface area contributed by atoms with Gasteiger partial charge in [0.2, 0.25) is 0 Å². The molecule has 1 aromatic carbocycles. The third-order valence-corrected chi connectivity index (χ3v) is 3.37. The van der Waals surface area contributed by atoms with Crippen molar-refractivity contribution in [2.24, 2.45) is 0 Å². The van der Waals surface area contributed by atoms with Crippen LogP contribution in [0, 0.1) is 0 Å². The molecule has 1 aliphatic rings. The van der Waals surface area contributed by atoms with E-state index in [0.717, 1.165) is 37.0 Å². The molecule has 0 N–H and O–H groups in total. The highest BCUT2D eigenvalue weighted by atomic mass is 16.5. The molecule has 0 fully saturated rings. The summed E-state index contributed by atoms with van der Waals surface area (Å²) in [5.74, 6) is 1.35. The first-order valence-electron chi connectivity index (χ1n) is 6.57. The van der Waals surface area contributed by atoms with Crippen molar-refractivity contribution in [2.75, 3.05) is 6.61 Å². The number of carbonyl (C=O) groups is 1. The molecule has 1 unspecified atom stereocenters. The van der Waals surface area contributed by atoms with Gasteiger partial charge in [0.15, 0.2) is 0 Å². The van der Waals surface area contributed by atoms with Crippen molar-refractivity contribution in [2.45, 2.75) is 44.9 Å². The number of ketones is 1. The maximum Gasteiger partial charge on any atom is 0.140 e. The Morgan fingerprint density at radius 3 is 3.00 bits per heavy atom. The minimum Gasteiger partial charge on any atom is -0.493 e. The van der Waals surface area contributed by atoms with Gasteiger partial charge in [0.05, 0.1) is 6.61 Å². The fourth-order valence-electron chi connectivity index (χ4n) is 2.40. The van der Waals surface area contributed by atoms with E-state index >= 15 is 0 Å². The standard InChI is InChI=1S/C15H20O2/c1-2-3-4-8-14(16)12-10-11-17-15-9-6-5-7-13(12)15/h5-7,9,12H,2-4,8,10-11H2,1H3. The van der Waals surface area contributed by atoms with Crippen LogP contribution in [0.5, 0.6) is 5.75 Å². The van der Waals surface area contributed by atoms with Crippen LogP contribution in [0.25, 0.3) is 0 Å². The molecule has 2 rings (SSSR count). The SMILES string of the molecule is CCCCCC(=O)C1CCOc2ccccc21. The van der Waals surface area contributed by atoms with E-state index in [9.17, 15) is 4.79 Å². The Bertz CT molecular complexity index is 384. The Morgan fingerprint density at radius 1 is 1.35 bits per heavy atom. The third-order valence-electron chi connectivity index (χ3n) is 3.37. The summed E-state index contributed by atoms with van der Waals surface area (Å²) in [5, 5.41) is 0. The van der Waals surface area contributed by atoms with Gasteiger partial charge in [-0.1, -0.05) is 38.0 Å². The molecule has 92 valence electrons. The van der Waals surface area contributed by atoms with Crippen molar-refractivity contribution in [3.8, 4) is 5.75 Å². The van der Waals surface area contributed by atoms with E-state index in [-0.39, 0.29) is 5.92 Å². The molecular formula is C15H20O2. The number of ether oxygens (including phenoxy) is 1. The number of benzene rings is 1. The fourth-order valence-corrected chi connectivity index (χ4v) is 2.40. The zero-order valence-electron chi connectivity index (χ0n) is 10.4. The monoisotopic (exact) mass is 232 g/mol. The normalized spacial score (nSPS) is 18.3. The molecule has 0 aromatic heterocycles. The first kappa shape index (κ1) is 12.2. The van der Waals surface area contributed by atoms with E-state index in [1.165, 1.54) is 0 Å². The first-order chi connectivity index (χ1) is 8.33. The fraction of sp³-hybridized carbons (Fsp3) is 0.533. The molecule has 2 nitrogen and oxygen atoms in total. The summed E-state index contributed by atoms with van der Waals surface area (Å²) in [6.45, 7) is 2.83. The Morgan fingerprint density at radius 2 is 2.18 bits per heavy atom. The van der Waals surface area contributed by atoms with Gasteiger partial charge in [-0.15, -0.1) is 0 Å². The van der Waals surface area contributed by atoms with E-state index in [1.807, 2.05) is 24.3 Å². The van der Waals surface area contributed by atoms with E-state index in [2.05, 4.69) is 6.92 Å². The summed E-state index contributed by atoms with van der Waals surface area (Å²) in [6.07, 6.45) is 4.89. The van der Waals surface area contributed by atoms with Gasteiger partial charge in [0.25, 0.3) is 0 Å². The van der Waals surface area contributed by atoms with Crippen LogP contribution in [0.15, 0.2) is 24.3 Å². The number of carbonyl (C=O) groups excluding carboxylic acids is 1. The zero-order chi connectivity index (χ0) is 12.1. The highest BCUT2D eigenvalue weighted by Gasteiger charge is 2.26. The summed E-state index contributed by atoms with van der Waals surface area (Å²) < 4.78 is 5.58. The molecule has 0 bridgehead atoms. The minimum absolute atomic E-state index is 0.0665. The van der Waals surface area contributed by atoms with Crippen LogP contribution in [0.2, 0.25) is 0 Å². The first-order valence-corrected chi connectivity index (χ1v) is 6.57. The number of para-hydroxylation sites is 1. The second-order valence-electron chi connectivity index (χ2n) is 4.65. The van der Waals surface area contributed by atoms with Crippen molar-refractivity contribution in [1.82, 2.24) is 0 Å². The predicted molar refractivity (Wildman–Crippen MR) is 68.4 cm³/mol. The number of unbranched alkanes of at least 4 members (excludes halogenated alkanes) is 2. The molecule has 0 amide bonds. The van der Waals surface area contributed by atoms with Gasteiger partial charge in [-0.3, -0.25) is 4.79 Å². The van der Waals surface area contributed by atoms with E-state index in [4.69, 9.17) is 4.74 Å². The lowest BCUT2D eigenvalue weighted by Crippen LogP contribution is -2.21.